The van der Waals surface area contributed by atoms with Crippen molar-refractivity contribution in [1.82, 2.24) is 4.90 Å². The van der Waals surface area contributed by atoms with E-state index in [1.807, 2.05) is 13.8 Å². The molecule has 0 fully saturated rings. The molecule has 152 valence electrons. The lowest BCUT2D eigenvalue weighted by Crippen LogP contribution is -2.32. The van der Waals surface area contributed by atoms with Crippen LogP contribution in [0.4, 0.5) is 5.69 Å². The van der Waals surface area contributed by atoms with E-state index in [0.717, 1.165) is 40.9 Å². The van der Waals surface area contributed by atoms with Gasteiger partial charge in [0.1, 0.15) is 5.58 Å². The summed E-state index contributed by atoms with van der Waals surface area (Å²) in [5.41, 5.74) is 7.47. The van der Waals surface area contributed by atoms with Gasteiger partial charge in [0.15, 0.2) is 0 Å². The highest BCUT2D eigenvalue weighted by Crippen LogP contribution is 2.32. The molecule has 0 spiro atoms. The molecule has 1 aliphatic rings. The van der Waals surface area contributed by atoms with E-state index in [0.29, 0.717) is 24.1 Å². The van der Waals surface area contributed by atoms with Gasteiger partial charge in [-0.05, 0) is 60.6 Å². The van der Waals surface area contributed by atoms with Crippen LogP contribution < -0.4 is 10.9 Å². The molecular formula is C25H30N2O2. The Morgan fingerprint density at radius 2 is 1.90 bits per heavy atom. The van der Waals surface area contributed by atoms with Crippen molar-refractivity contribution in [3.05, 3.63) is 74.6 Å². The van der Waals surface area contributed by atoms with Crippen molar-refractivity contribution in [1.29, 1.82) is 0 Å². The molecule has 4 nitrogen and oxygen atoms in total. The van der Waals surface area contributed by atoms with E-state index in [9.17, 15) is 4.79 Å². The number of nitrogens with zero attached hydrogens (tertiary/aromatic N) is 1. The molecule has 4 rings (SSSR count). The van der Waals surface area contributed by atoms with Gasteiger partial charge < -0.3 is 9.73 Å². The highest BCUT2D eigenvalue weighted by molar-refractivity contribution is 5.84. The summed E-state index contributed by atoms with van der Waals surface area (Å²) in [5, 5.41) is 4.60. The van der Waals surface area contributed by atoms with E-state index in [2.05, 4.69) is 61.3 Å². The molecule has 0 saturated heterocycles. The van der Waals surface area contributed by atoms with Gasteiger partial charge in [-0.3, -0.25) is 4.90 Å². The Bertz CT molecular complexity index is 1110. The molecule has 1 aromatic heterocycles. The van der Waals surface area contributed by atoms with Gasteiger partial charge in [-0.1, -0.05) is 38.1 Å². The fourth-order valence-corrected chi connectivity index (χ4v) is 4.18. The first-order valence-corrected chi connectivity index (χ1v) is 10.5. The third-order valence-corrected chi connectivity index (χ3v) is 6.54. The highest BCUT2D eigenvalue weighted by atomic mass is 16.4. The molecule has 0 aliphatic carbocycles. The number of hydrogen-bond donors (Lipinski definition) is 1. The molecular weight excluding hydrogens is 360 g/mol. The highest BCUT2D eigenvalue weighted by Gasteiger charge is 2.26. The van der Waals surface area contributed by atoms with Gasteiger partial charge in [0.25, 0.3) is 0 Å². The first kappa shape index (κ1) is 19.7. The maximum atomic E-state index is 12.1. The van der Waals surface area contributed by atoms with Crippen LogP contribution in [0.2, 0.25) is 0 Å². The summed E-state index contributed by atoms with van der Waals surface area (Å²) in [6.07, 6.45) is 0. The minimum absolute atomic E-state index is 0.293. The summed E-state index contributed by atoms with van der Waals surface area (Å²) in [4.78, 5) is 14.7. The van der Waals surface area contributed by atoms with Gasteiger partial charge in [-0.2, -0.15) is 0 Å². The SMILES string of the molecule is Cc1ccc2c(CNc3cccc4c3CN(C(C)C(C)C)C4)cc(=O)oc2c1C. The van der Waals surface area contributed by atoms with Crippen molar-refractivity contribution in [2.45, 2.75) is 60.3 Å². The summed E-state index contributed by atoms with van der Waals surface area (Å²) in [5.74, 6) is 0.627. The number of benzene rings is 2. The average Bonchev–Trinajstić information content (AvgIpc) is 3.13. The normalized spacial score (nSPS) is 15.1. The second-order valence-electron chi connectivity index (χ2n) is 8.66. The standard InChI is InChI=1S/C25H30N2O2/c1-15(2)18(5)27-13-19-7-6-8-23(22(19)14-27)26-12-20-11-24(28)29-25-17(4)16(3)9-10-21(20)25/h6-11,15,18,26H,12-14H2,1-5H3. The van der Waals surface area contributed by atoms with Crippen LogP contribution in [0, 0.1) is 19.8 Å². The zero-order valence-corrected chi connectivity index (χ0v) is 18.0. The molecule has 0 saturated carbocycles. The average molecular weight is 391 g/mol. The van der Waals surface area contributed by atoms with Gasteiger partial charge in [-0.25, -0.2) is 4.79 Å². The Labute approximate surface area is 172 Å². The first-order valence-electron chi connectivity index (χ1n) is 10.5. The molecule has 4 heteroatoms. The Hall–Kier alpha value is -2.59. The third kappa shape index (κ3) is 3.69. The number of nitrogens with one attached hydrogen (secondary N) is 1. The third-order valence-electron chi connectivity index (χ3n) is 6.54. The number of anilines is 1. The fraction of sp³-hybridized carbons (Fsp3) is 0.400. The minimum Gasteiger partial charge on any atom is -0.422 e. The summed E-state index contributed by atoms with van der Waals surface area (Å²) in [6.45, 7) is 13.5. The summed E-state index contributed by atoms with van der Waals surface area (Å²) < 4.78 is 5.51. The topological polar surface area (TPSA) is 45.5 Å². The molecule has 29 heavy (non-hydrogen) atoms. The zero-order valence-electron chi connectivity index (χ0n) is 18.0. The van der Waals surface area contributed by atoms with Crippen LogP contribution in [0.5, 0.6) is 0 Å². The molecule has 0 amide bonds. The molecule has 3 aromatic rings. The second-order valence-corrected chi connectivity index (χ2v) is 8.66. The van der Waals surface area contributed by atoms with Gasteiger partial charge in [0.2, 0.25) is 0 Å². The Morgan fingerprint density at radius 3 is 2.66 bits per heavy atom. The lowest BCUT2D eigenvalue weighted by molar-refractivity contribution is 0.170. The Morgan fingerprint density at radius 1 is 1.10 bits per heavy atom. The van der Waals surface area contributed by atoms with Crippen molar-refractivity contribution >= 4 is 16.7 Å². The van der Waals surface area contributed by atoms with E-state index < -0.39 is 0 Å². The first-order chi connectivity index (χ1) is 13.8. The van der Waals surface area contributed by atoms with Crippen LogP contribution in [0.25, 0.3) is 11.0 Å². The largest absolute Gasteiger partial charge is 0.422 e. The van der Waals surface area contributed by atoms with E-state index in [1.54, 1.807) is 6.07 Å². The number of fused-ring (bicyclic) bond motifs is 2. The van der Waals surface area contributed by atoms with Crippen LogP contribution in [0.15, 0.2) is 45.6 Å². The molecule has 1 unspecified atom stereocenters. The van der Waals surface area contributed by atoms with Crippen molar-refractivity contribution in [3.8, 4) is 0 Å². The van der Waals surface area contributed by atoms with Gasteiger partial charge in [-0.15, -0.1) is 0 Å². The molecule has 1 N–H and O–H groups in total. The van der Waals surface area contributed by atoms with E-state index in [4.69, 9.17) is 4.42 Å². The van der Waals surface area contributed by atoms with Gasteiger partial charge in [0.05, 0.1) is 0 Å². The number of aryl methyl sites for hydroxylation is 2. The number of hydrogen-bond acceptors (Lipinski definition) is 4. The monoisotopic (exact) mass is 390 g/mol. The Kier molecular flexibility index (Phi) is 5.22. The smallest absolute Gasteiger partial charge is 0.336 e. The fourth-order valence-electron chi connectivity index (χ4n) is 4.18. The maximum absolute atomic E-state index is 12.1. The van der Waals surface area contributed by atoms with Gasteiger partial charge >= 0.3 is 5.63 Å². The lowest BCUT2D eigenvalue weighted by atomic mass is 10.0. The van der Waals surface area contributed by atoms with Gasteiger partial charge in [0, 0.05) is 42.8 Å². The molecule has 1 aliphatic heterocycles. The van der Waals surface area contributed by atoms with Crippen molar-refractivity contribution in [3.63, 3.8) is 0 Å². The zero-order chi connectivity index (χ0) is 20.7. The summed E-state index contributed by atoms with van der Waals surface area (Å²) in [7, 11) is 0. The van der Waals surface area contributed by atoms with Crippen LogP contribution in [0.1, 0.15) is 48.6 Å². The molecule has 2 heterocycles. The summed E-state index contributed by atoms with van der Waals surface area (Å²) in [6, 6.07) is 12.8. The minimum atomic E-state index is -0.293. The molecule has 0 radical (unpaired) electrons. The predicted octanol–water partition coefficient (Wildman–Crippen LogP) is 5.38. The summed E-state index contributed by atoms with van der Waals surface area (Å²) >= 11 is 0. The van der Waals surface area contributed by atoms with Crippen LogP contribution in [-0.4, -0.2) is 10.9 Å². The van der Waals surface area contributed by atoms with Crippen molar-refractivity contribution in [2.24, 2.45) is 5.92 Å². The Balaban J connectivity index is 1.62. The predicted molar refractivity (Wildman–Crippen MR) is 119 cm³/mol. The molecule has 1 atom stereocenters. The molecule has 2 aromatic carbocycles. The number of rotatable bonds is 5. The van der Waals surface area contributed by atoms with E-state index in [1.165, 1.54) is 11.1 Å². The van der Waals surface area contributed by atoms with Crippen molar-refractivity contribution < 1.29 is 4.42 Å². The lowest BCUT2D eigenvalue weighted by Gasteiger charge is -2.27. The van der Waals surface area contributed by atoms with Crippen LogP contribution >= 0.6 is 0 Å². The van der Waals surface area contributed by atoms with E-state index >= 15 is 0 Å². The van der Waals surface area contributed by atoms with Crippen LogP contribution in [-0.2, 0) is 19.6 Å². The van der Waals surface area contributed by atoms with E-state index in [-0.39, 0.29) is 5.63 Å². The molecule has 0 bridgehead atoms. The van der Waals surface area contributed by atoms with Crippen molar-refractivity contribution in [2.75, 3.05) is 5.32 Å². The van der Waals surface area contributed by atoms with Crippen LogP contribution in [0.3, 0.4) is 0 Å². The quantitative estimate of drug-likeness (QED) is 0.594. The maximum Gasteiger partial charge on any atom is 0.336 e. The second kappa shape index (κ2) is 7.68.